The number of thiazole rings is 1. The highest BCUT2D eigenvalue weighted by Gasteiger charge is 2.70. The maximum Gasteiger partial charge on any atom is 0.418 e. The van der Waals surface area contributed by atoms with Gasteiger partial charge in [0.1, 0.15) is 5.75 Å². The zero-order valence-corrected chi connectivity index (χ0v) is 29.2. The van der Waals surface area contributed by atoms with Crippen LogP contribution in [0.3, 0.4) is 0 Å². The number of amides is 3. The molecule has 4 aliphatic rings. The van der Waals surface area contributed by atoms with Gasteiger partial charge in [-0.1, -0.05) is 71.5 Å². The molecule has 0 radical (unpaired) electrons. The van der Waals surface area contributed by atoms with Gasteiger partial charge >= 0.3 is 11.0 Å². The van der Waals surface area contributed by atoms with Gasteiger partial charge in [0, 0.05) is 37.7 Å². The van der Waals surface area contributed by atoms with Crippen LogP contribution in [0.15, 0.2) is 94.7 Å². The minimum atomic E-state index is -4.77. The topological polar surface area (TPSA) is 109 Å². The SMILES string of the molecule is O=C(COc1ccc(Cl)cc1[C@@H]1c2sc(=O)[nH]c2S[C@@H]2[C@@H]3C[C@@H]([C@@H]4C(=O)N(c5ccccc5C(F)(F)F)C(=O)[C@@H]34)[C@H]12)Nc1cccc2ccccc12. The Hall–Kier alpha value is -4.59. The van der Waals surface area contributed by atoms with E-state index >= 15 is 0 Å². The van der Waals surface area contributed by atoms with Gasteiger partial charge < -0.3 is 15.0 Å². The van der Waals surface area contributed by atoms with Gasteiger partial charge in [-0.3, -0.25) is 19.2 Å². The molecular formula is C38H27ClF3N3O5S2. The van der Waals surface area contributed by atoms with Crippen LogP contribution in [0, 0.1) is 29.6 Å². The van der Waals surface area contributed by atoms with Crippen molar-refractivity contribution in [3.05, 3.63) is 116 Å². The van der Waals surface area contributed by atoms with Crippen molar-refractivity contribution in [1.29, 1.82) is 0 Å². The summed E-state index contributed by atoms with van der Waals surface area (Å²) in [5.74, 6) is -4.37. The highest BCUT2D eigenvalue weighted by molar-refractivity contribution is 8.00. The van der Waals surface area contributed by atoms with Gasteiger partial charge in [0.2, 0.25) is 11.8 Å². The molecule has 7 atom stereocenters. The Labute approximate surface area is 307 Å². The molecule has 0 unspecified atom stereocenters. The lowest BCUT2D eigenvalue weighted by Gasteiger charge is -2.43. The smallest absolute Gasteiger partial charge is 0.418 e. The summed E-state index contributed by atoms with van der Waals surface area (Å²) in [6, 6.07) is 23.0. The lowest BCUT2D eigenvalue weighted by atomic mass is 9.68. The number of para-hydroxylation sites is 1. The molecule has 8 nitrogen and oxygen atoms in total. The van der Waals surface area contributed by atoms with Crippen LogP contribution < -0.4 is 19.8 Å². The number of aromatic nitrogens is 1. The summed E-state index contributed by atoms with van der Waals surface area (Å²) in [4.78, 5) is 58.3. The zero-order chi connectivity index (χ0) is 36.1. The average Bonchev–Trinajstić information content (AvgIpc) is 3.86. The third-order valence-electron chi connectivity index (χ3n) is 10.9. The number of hydrogen-bond donors (Lipinski definition) is 2. The minimum Gasteiger partial charge on any atom is -0.483 e. The number of ether oxygens (including phenoxy) is 1. The number of hydrogen-bond acceptors (Lipinski definition) is 7. The molecule has 0 spiro atoms. The number of anilines is 2. The Bertz CT molecular complexity index is 2370. The Morgan fingerprint density at radius 1 is 0.942 bits per heavy atom. The summed E-state index contributed by atoms with van der Waals surface area (Å²) in [7, 11) is 0. The Balaban J connectivity index is 1.06. The van der Waals surface area contributed by atoms with E-state index in [4.69, 9.17) is 16.3 Å². The van der Waals surface area contributed by atoms with Crippen molar-refractivity contribution in [3.8, 4) is 5.75 Å². The van der Waals surface area contributed by atoms with E-state index in [1.54, 1.807) is 18.2 Å². The fourth-order valence-corrected chi connectivity index (χ4v) is 12.1. The maximum absolute atomic E-state index is 14.2. The molecule has 2 N–H and O–H groups in total. The van der Waals surface area contributed by atoms with E-state index in [1.807, 2.05) is 42.5 Å². The molecule has 264 valence electrons. The first kappa shape index (κ1) is 33.3. The van der Waals surface area contributed by atoms with Crippen LogP contribution in [-0.4, -0.2) is 34.6 Å². The van der Waals surface area contributed by atoms with Crippen molar-refractivity contribution in [2.24, 2.45) is 29.6 Å². The molecular weight excluding hydrogens is 735 g/mol. The van der Waals surface area contributed by atoms with Crippen LogP contribution in [0.25, 0.3) is 10.8 Å². The third-order valence-corrected chi connectivity index (χ3v) is 13.7. The van der Waals surface area contributed by atoms with Crippen molar-refractivity contribution < 1.29 is 32.3 Å². The molecule has 2 bridgehead atoms. The van der Waals surface area contributed by atoms with E-state index in [0.717, 1.165) is 38.0 Å². The summed E-state index contributed by atoms with van der Waals surface area (Å²) in [5.41, 5.74) is -0.242. The molecule has 4 aromatic carbocycles. The number of thioether (sulfide) groups is 1. The molecule has 2 saturated carbocycles. The number of fused-ring (bicyclic) bond motifs is 10. The molecule has 5 aromatic rings. The van der Waals surface area contributed by atoms with Crippen molar-refractivity contribution in [2.45, 2.75) is 28.8 Å². The maximum atomic E-state index is 14.2. The quantitative estimate of drug-likeness (QED) is 0.170. The number of carbonyl (C=O) groups is 3. The number of imide groups is 1. The summed E-state index contributed by atoms with van der Waals surface area (Å²) in [6.45, 7) is -0.332. The molecule has 9 rings (SSSR count). The van der Waals surface area contributed by atoms with Crippen LogP contribution in [-0.2, 0) is 20.6 Å². The molecule has 3 heterocycles. The minimum absolute atomic E-state index is 0.231. The molecule has 1 aromatic heterocycles. The predicted molar refractivity (Wildman–Crippen MR) is 192 cm³/mol. The number of carbonyl (C=O) groups excluding carboxylic acids is 3. The second-order valence-corrected chi connectivity index (χ2v) is 16.2. The second kappa shape index (κ2) is 12.2. The lowest BCUT2D eigenvalue weighted by molar-refractivity contribution is -0.137. The van der Waals surface area contributed by atoms with E-state index in [2.05, 4.69) is 10.3 Å². The van der Waals surface area contributed by atoms with Crippen LogP contribution in [0.2, 0.25) is 5.02 Å². The van der Waals surface area contributed by atoms with Gasteiger partial charge in [0.05, 0.1) is 28.1 Å². The number of alkyl halides is 3. The van der Waals surface area contributed by atoms with Crippen LogP contribution in [0.4, 0.5) is 24.5 Å². The summed E-state index contributed by atoms with van der Waals surface area (Å²) < 4.78 is 48.4. The molecule has 52 heavy (non-hydrogen) atoms. The first-order chi connectivity index (χ1) is 25.0. The number of rotatable bonds is 6. The Morgan fingerprint density at radius 3 is 2.48 bits per heavy atom. The fourth-order valence-electron chi connectivity index (χ4n) is 9.07. The molecule has 2 aliphatic heterocycles. The van der Waals surface area contributed by atoms with Gasteiger partial charge in [-0.25, -0.2) is 4.90 Å². The molecule has 14 heteroatoms. The highest BCUT2D eigenvalue weighted by atomic mass is 35.5. The van der Waals surface area contributed by atoms with Crippen LogP contribution >= 0.6 is 34.7 Å². The normalized spacial score (nSPS) is 26.0. The number of halogens is 4. The fraction of sp³-hybridized carbons (Fsp3) is 0.263. The Morgan fingerprint density at radius 2 is 1.67 bits per heavy atom. The van der Waals surface area contributed by atoms with Crippen LogP contribution in [0.1, 0.15) is 28.3 Å². The van der Waals surface area contributed by atoms with Crippen LogP contribution in [0.5, 0.6) is 5.75 Å². The van der Waals surface area contributed by atoms with Gasteiger partial charge in [0.25, 0.3) is 5.91 Å². The van der Waals surface area contributed by atoms with Gasteiger partial charge in [0.15, 0.2) is 6.61 Å². The van der Waals surface area contributed by atoms with Crippen molar-refractivity contribution in [2.75, 3.05) is 16.8 Å². The number of benzene rings is 4. The molecule has 3 amide bonds. The average molecular weight is 762 g/mol. The standard InChI is InChI=1S/C38H27ClF3N3O5S2/c39-18-12-13-26(50-16-27(46)43-24-10-5-7-17-6-1-2-8-19(17)24)20(14-18)28-29-21-15-22(32(29)51-34-33(28)52-37(49)44-34)31-30(21)35(47)45(36(31)48)25-11-4-3-9-23(25)38(40,41)42/h1-14,21-22,28-32H,15-16H2,(H,43,46)(H,44,49)/t21-,22-,28+,29-,30+,31+,32-/m1/s1. The molecule has 2 aliphatic carbocycles. The zero-order valence-electron chi connectivity index (χ0n) is 26.9. The monoisotopic (exact) mass is 761 g/mol. The number of nitrogens with zero attached hydrogens (tertiary/aromatic N) is 1. The highest BCUT2D eigenvalue weighted by Crippen LogP contribution is 2.69. The summed E-state index contributed by atoms with van der Waals surface area (Å²) in [6.07, 6.45) is -4.23. The van der Waals surface area contributed by atoms with Crippen molar-refractivity contribution >= 4 is 74.6 Å². The largest absolute Gasteiger partial charge is 0.483 e. The molecule has 3 fully saturated rings. The third kappa shape index (κ3) is 5.19. The van der Waals surface area contributed by atoms with Gasteiger partial charge in [-0.15, -0.1) is 11.8 Å². The number of aromatic amines is 1. The van der Waals surface area contributed by atoms with E-state index in [1.165, 1.54) is 30.0 Å². The Kier molecular flexibility index (Phi) is 7.83. The predicted octanol–water partition coefficient (Wildman–Crippen LogP) is 7.96. The van der Waals surface area contributed by atoms with Gasteiger partial charge in [-0.2, -0.15) is 13.2 Å². The second-order valence-electron chi connectivity index (χ2n) is 13.5. The van der Waals surface area contributed by atoms with E-state index in [-0.39, 0.29) is 34.5 Å². The number of nitrogens with one attached hydrogen (secondary N) is 2. The molecule has 1 saturated heterocycles. The van der Waals surface area contributed by atoms with Gasteiger partial charge in [-0.05, 0) is 66.0 Å². The lowest BCUT2D eigenvalue weighted by Crippen LogP contribution is -2.42. The van der Waals surface area contributed by atoms with Crippen molar-refractivity contribution in [3.63, 3.8) is 0 Å². The summed E-state index contributed by atoms with van der Waals surface area (Å²) in [5, 5.41) is 5.57. The number of H-pyrrole nitrogens is 1. The van der Waals surface area contributed by atoms with Crippen molar-refractivity contribution in [1.82, 2.24) is 4.98 Å². The summed E-state index contributed by atoms with van der Waals surface area (Å²) >= 11 is 9.08. The first-order valence-corrected chi connectivity index (χ1v) is 18.7. The van der Waals surface area contributed by atoms with E-state index in [0.29, 0.717) is 33.5 Å². The first-order valence-electron chi connectivity index (χ1n) is 16.6. The van der Waals surface area contributed by atoms with E-state index < -0.39 is 52.9 Å². The van der Waals surface area contributed by atoms with E-state index in [9.17, 15) is 32.3 Å².